The summed E-state index contributed by atoms with van der Waals surface area (Å²) in [5.41, 5.74) is 1.68. The zero-order valence-electron chi connectivity index (χ0n) is 9.80. The molecule has 1 aliphatic heterocycles. The Labute approximate surface area is 115 Å². The zero-order chi connectivity index (χ0) is 12.4. The molecule has 17 heavy (non-hydrogen) atoms. The summed E-state index contributed by atoms with van der Waals surface area (Å²) in [5, 5.41) is 0.689. The van der Waals surface area contributed by atoms with E-state index in [0.717, 1.165) is 28.7 Å². The predicted molar refractivity (Wildman–Crippen MR) is 73.9 cm³/mol. The highest BCUT2D eigenvalue weighted by Gasteiger charge is 2.18. The van der Waals surface area contributed by atoms with Crippen LogP contribution in [0.3, 0.4) is 0 Å². The topological polar surface area (TPSA) is 20.3 Å². The average molecular weight is 317 g/mol. The van der Waals surface area contributed by atoms with Crippen LogP contribution in [0.5, 0.6) is 0 Å². The number of ketones is 1. The molecule has 0 amide bonds. The first-order valence-electron chi connectivity index (χ1n) is 5.79. The second kappa shape index (κ2) is 5.51. The van der Waals surface area contributed by atoms with Gasteiger partial charge in [0, 0.05) is 15.1 Å². The third kappa shape index (κ3) is 3.09. The molecule has 0 aliphatic carbocycles. The maximum Gasteiger partial charge on any atom is 0.177 e. The second-order valence-corrected chi connectivity index (χ2v) is 5.75. The van der Waals surface area contributed by atoms with E-state index in [1.165, 1.54) is 12.8 Å². The molecule has 1 aliphatic rings. The smallest absolute Gasteiger partial charge is 0.177 e. The minimum absolute atomic E-state index is 0.165. The standard InChI is InChI=1S/C13H15BrClNO/c1-9-6-10(11(14)7-12(9)15)13(17)8-16-4-2-3-5-16/h6-7H,2-5,8H2,1H3. The summed E-state index contributed by atoms with van der Waals surface area (Å²) < 4.78 is 0.789. The lowest BCUT2D eigenvalue weighted by atomic mass is 10.1. The van der Waals surface area contributed by atoms with Crippen molar-refractivity contribution in [1.29, 1.82) is 0 Å². The molecule has 1 aromatic rings. The molecular formula is C13H15BrClNO. The van der Waals surface area contributed by atoms with E-state index in [0.29, 0.717) is 11.6 Å². The Balaban J connectivity index is 2.15. The van der Waals surface area contributed by atoms with E-state index < -0.39 is 0 Å². The molecule has 92 valence electrons. The SMILES string of the molecule is Cc1cc(C(=O)CN2CCCC2)c(Br)cc1Cl. The molecule has 0 unspecified atom stereocenters. The van der Waals surface area contributed by atoms with Crippen LogP contribution >= 0.6 is 27.5 Å². The fourth-order valence-electron chi connectivity index (χ4n) is 2.10. The predicted octanol–water partition coefficient (Wildman–Crippen LogP) is 3.69. The molecule has 0 saturated carbocycles. The molecule has 0 aromatic heterocycles. The van der Waals surface area contributed by atoms with Crippen LogP contribution in [0.1, 0.15) is 28.8 Å². The van der Waals surface area contributed by atoms with Crippen LogP contribution < -0.4 is 0 Å². The van der Waals surface area contributed by atoms with Gasteiger partial charge in [-0.25, -0.2) is 0 Å². The minimum Gasteiger partial charge on any atom is -0.296 e. The summed E-state index contributed by atoms with van der Waals surface area (Å²) in [6, 6.07) is 3.67. The molecule has 4 heteroatoms. The molecule has 1 saturated heterocycles. The van der Waals surface area contributed by atoms with Crippen molar-refractivity contribution >= 4 is 33.3 Å². The molecule has 1 aromatic carbocycles. The van der Waals surface area contributed by atoms with Crippen LogP contribution in [0.15, 0.2) is 16.6 Å². The quantitative estimate of drug-likeness (QED) is 0.793. The van der Waals surface area contributed by atoms with Gasteiger partial charge in [-0.2, -0.15) is 0 Å². The highest BCUT2D eigenvalue weighted by Crippen LogP contribution is 2.26. The van der Waals surface area contributed by atoms with Crippen molar-refractivity contribution in [1.82, 2.24) is 4.90 Å². The second-order valence-electron chi connectivity index (χ2n) is 4.49. The van der Waals surface area contributed by atoms with E-state index in [1.807, 2.05) is 13.0 Å². The average Bonchev–Trinajstić information content (AvgIpc) is 2.76. The number of benzene rings is 1. The van der Waals surface area contributed by atoms with Gasteiger partial charge in [0.05, 0.1) is 6.54 Å². The summed E-state index contributed by atoms with van der Waals surface area (Å²) in [7, 11) is 0. The number of halogens is 2. The van der Waals surface area contributed by atoms with E-state index in [4.69, 9.17) is 11.6 Å². The number of Topliss-reactive ketones (excluding diaryl/α,β-unsaturated/α-hetero) is 1. The van der Waals surface area contributed by atoms with Gasteiger partial charge >= 0.3 is 0 Å². The number of hydrogen-bond donors (Lipinski definition) is 0. The van der Waals surface area contributed by atoms with Gasteiger partial charge in [0.1, 0.15) is 0 Å². The first-order valence-corrected chi connectivity index (χ1v) is 6.96. The highest BCUT2D eigenvalue weighted by atomic mass is 79.9. The maximum absolute atomic E-state index is 12.2. The number of carbonyl (C=O) groups excluding carboxylic acids is 1. The van der Waals surface area contributed by atoms with Crippen LogP contribution in [-0.4, -0.2) is 30.3 Å². The van der Waals surface area contributed by atoms with Crippen molar-refractivity contribution in [3.05, 3.63) is 32.8 Å². The summed E-state index contributed by atoms with van der Waals surface area (Å²) in [5.74, 6) is 0.165. The number of aryl methyl sites for hydroxylation is 1. The number of nitrogens with zero attached hydrogens (tertiary/aromatic N) is 1. The number of carbonyl (C=O) groups is 1. The van der Waals surface area contributed by atoms with Crippen LogP contribution in [-0.2, 0) is 0 Å². The largest absolute Gasteiger partial charge is 0.296 e. The van der Waals surface area contributed by atoms with Crippen LogP contribution in [0, 0.1) is 6.92 Å². The van der Waals surface area contributed by atoms with E-state index in [2.05, 4.69) is 20.8 Å². The Morgan fingerprint density at radius 1 is 1.41 bits per heavy atom. The van der Waals surface area contributed by atoms with Crippen LogP contribution in [0.2, 0.25) is 5.02 Å². The fraction of sp³-hybridized carbons (Fsp3) is 0.462. The monoisotopic (exact) mass is 315 g/mol. The molecule has 2 rings (SSSR count). The van der Waals surface area contributed by atoms with Gasteiger partial charge in [-0.15, -0.1) is 0 Å². The highest BCUT2D eigenvalue weighted by molar-refractivity contribution is 9.10. The lowest BCUT2D eigenvalue weighted by Gasteiger charge is -2.14. The lowest BCUT2D eigenvalue weighted by molar-refractivity contribution is 0.0944. The minimum atomic E-state index is 0.165. The van der Waals surface area contributed by atoms with E-state index in [1.54, 1.807) is 6.07 Å². The normalized spacial score (nSPS) is 16.4. The van der Waals surface area contributed by atoms with Crippen molar-refractivity contribution in [2.45, 2.75) is 19.8 Å². The maximum atomic E-state index is 12.2. The third-order valence-electron chi connectivity index (χ3n) is 3.11. The Bertz CT molecular complexity index is 441. The summed E-state index contributed by atoms with van der Waals surface area (Å²) in [4.78, 5) is 14.4. The first-order chi connectivity index (χ1) is 8.08. The first kappa shape index (κ1) is 13.1. The molecule has 0 atom stereocenters. The van der Waals surface area contributed by atoms with E-state index in [-0.39, 0.29) is 5.78 Å². The Hall–Kier alpha value is -0.380. The van der Waals surface area contributed by atoms with Crippen LogP contribution in [0.25, 0.3) is 0 Å². The van der Waals surface area contributed by atoms with Gasteiger partial charge in [-0.1, -0.05) is 11.6 Å². The lowest BCUT2D eigenvalue weighted by Crippen LogP contribution is -2.27. The molecule has 0 radical (unpaired) electrons. The Morgan fingerprint density at radius 3 is 2.71 bits per heavy atom. The van der Waals surface area contributed by atoms with Crippen molar-refractivity contribution in [2.24, 2.45) is 0 Å². The summed E-state index contributed by atoms with van der Waals surface area (Å²) in [6.07, 6.45) is 2.40. The van der Waals surface area contributed by atoms with Crippen molar-refractivity contribution in [2.75, 3.05) is 19.6 Å². The van der Waals surface area contributed by atoms with Gasteiger partial charge in [-0.3, -0.25) is 9.69 Å². The number of rotatable bonds is 3. The molecule has 2 nitrogen and oxygen atoms in total. The molecule has 0 N–H and O–H groups in total. The fourth-order valence-corrected chi connectivity index (χ4v) is 2.96. The molecular weight excluding hydrogens is 302 g/mol. The third-order valence-corrected chi connectivity index (χ3v) is 4.18. The molecule has 1 heterocycles. The van der Waals surface area contributed by atoms with Gasteiger partial charge < -0.3 is 0 Å². The summed E-state index contributed by atoms with van der Waals surface area (Å²) >= 11 is 9.42. The van der Waals surface area contributed by atoms with Gasteiger partial charge in [0.2, 0.25) is 0 Å². The zero-order valence-corrected chi connectivity index (χ0v) is 12.1. The van der Waals surface area contributed by atoms with Crippen molar-refractivity contribution in [3.8, 4) is 0 Å². The number of likely N-dealkylation sites (tertiary alicyclic amines) is 1. The number of hydrogen-bond acceptors (Lipinski definition) is 2. The van der Waals surface area contributed by atoms with Crippen LogP contribution in [0.4, 0.5) is 0 Å². The molecule has 1 fully saturated rings. The summed E-state index contributed by atoms with van der Waals surface area (Å²) in [6.45, 7) is 4.51. The van der Waals surface area contributed by atoms with Gasteiger partial charge in [-0.05, 0) is 66.5 Å². The van der Waals surface area contributed by atoms with Gasteiger partial charge in [0.15, 0.2) is 5.78 Å². The Kier molecular flexibility index (Phi) is 4.23. The van der Waals surface area contributed by atoms with E-state index in [9.17, 15) is 4.79 Å². The molecule has 0 spiro atoms. The van der Waals surface area contributed by atoms with Crippen molar-refractivity contribution in [3.63, 3.8) is 0 Å². The molecule has 0 bridgehead atoms. The van der Waals surface area contributed by atoms with Gasteiger partial charge in [0.25, 0.3) is 0 Å². The Morgan fingerprint density at radius 2 is 2.06 bits per heavy atom. The van der Waals surface area contributed by atoms with Crippen molar-refractivity contribution < 1.29 is 4.79 Å². The van der Waals surface area contributed by atoms with E-state index >= 15 is 0 Å².